The number of aromatic nitrogens is 4. The first-order valence-electron chi connectivity index (χ1n) is 12.5. The molecule has 2 aromatic carbocycles. The molecule has 2 aliphatic rings. The zero-order valence-corrected chi connectivity index (χ0v) is 21.4. The Morgan fingerprint density at radius 3 is 2.58 bits per heavy atom. The van der Waals surface area contributed by atoms with Crippen molar-refractivity contribution in [2.45, 2.75) is 35.6 Å². The Balaban J connectivity index is 1.18. The van der Waals surface area contributed by atoms with Crippen LogP contribution in [0.5, 0.6) is 0 Å². The molecule has 0 spiro atoms. The van der Waals surface area contributed by atoms with Crippen LogP contribution in [0.4, 0.5) is 10.2 Å². The number of rotatable bonds is 8. The van der Waals surface area contributed by atoms with E-state index in [0.29, 0.717) is 30.1 Å². The lowest BCUT2D eigenvalue weighted by molar-refractivity contribution is 0.190. The highest BCUT2D eigenvalue weighted by molar-refractivity contribution is 8.00. The van der Waals surface area contributed by atoms with Crippen molar-refractivity contribution in [2.75, 3.05) is 32.2 Å². The molecule has 4 aromatic rings. The van der Waals surface area contributed by atoms with Crippen LogP contribution < -0.4 is 11.1 Å². The minimum atomic E-state index is -0.447. The molecule has 2 fully saturated rings. The fourth-order valence-corrected chi connectivity index (χ4v) is 5.48. The number of halogens is 1. The van der Waals surface area contributed by atoms with E-state index in [1.165, 1.54) is 11.0 Å². The number of ether oxygens (including phenoxy) is 2. The third-order valence-electron chi connectivity index (χ3n) is 6.56. The van der Waals surface area contributed by atoms with Crippen LogP contribution in [-0.4, -0.2) is 57.9 Å². The summed E-state index contributed by atoms with van der Waals surface area (Å²) in [5.74, 6) is -0.177. The molecular formula is C27H27FN6O3S. The minimum absolute atomic E-state index is 0.0464. The Bertz CT molecular complexity index is 1400. The summed E-state index contributed by atoms with van der Waals surface area (Å²) in [6, 6.07) is 13.3. The van der Waals surface area contributed by atoms with Gasteiger partial charge in [0.1, 0.15) is 5.82 Å². The van der Waals surface area contributed by atoms with Crippen LogP contribution in [0, 0.1) is 5.82 Å². The van der Waals surface area contributed by atoms with Gasteiger partial charge in [-0.05, 0) is 42.7 Å². The molecule has 2 atom stereocenters. The molecule has 0 radical (unpaired) electrons. The van der Waals surface area contributed by atoms with Crippen molar-refractivity contribution in [3.05, 3.63) is 60.0 Å². The molecule has 2 aliphatic heterocycles. The van der Waals surface area contributed by atoms with Gasteiger partial charge in [-0.1, -0.05) is 18.2 Å². The van der Waals surface area contributed by atoms with Crippen molar-refractivity contribution in [1.29, 1.82) is 0 Å². The van der Waals surface area contributed by atoms with E-state index < -0.39 is 5.82 Å². The van der Waals surface area contributed by atoms with Crippen LogP contribution in [0.3, 0.4) is 0 Å². The molecule has 4 heterocycles. The van der Waals surface area contributed by atoms with Gasteiger partial charge in [-0.2, -0.15) is 0 Å². The third kappa shape index (κ3) is 5.56. The van der Waals surface area contributed by atoms with Crippen molar-refractivity contribution < 1.29 is 18.3 Å². The van der Waals surface area contributed by atoms with Gasteiger partial charge in [-0.15, -0.1) is 22.0 Å². The first-order valence-corrected chi connectivity index (χ1v) is 13.4. The van der Waals surface area contributed by atoms with Crippen molar-refractivity contribution >= 4 is 17.6 Å². The van der Waals surface area contributed by atoms with Crippen LogP contribution in [-0.2, 0) is 16.0 Å². The van der Waals surface area contributed by atoms with Gasteiger partial charge in [0, 0.05) is 41.5 Å². The quantitative estimate of drug-likeness (QED) is 0.338. The van der Waals surface area contributed by atoms with Gasteiger partial charge in [0.25, 0.3) is 11.8 Å². The maximum atomic E-state index is 14.9. The van der Waals surface area contributed by atoms with E-state index in [2.05, 4.69) is 37.6 Å². The molecule has 6 rings (SSSR count). The molecule has 196 valence electrons. The fraction of sp³-hybridized carbons (Fsp3) is 0.333. The highest BCUT2D eigenvalue weighted by Crippen LogP contribution is 2.32. The number of thioether (sulfide) groups is 1. The summed E-state index contributed by atoms with van der Waals surface area (Å²) in [5, 5.41) is 12.0. The van der Waals surface area contributed by atoms with Gasteiger partial charge in [0.2, 0.25) is 0 Å². The molecule has 0 aliphatic carbocycles. The average Bonchev–Trinajstić information content (AvgIpc) is 3.72. The molecular weight excluding hydrogens is 507 g/mol. The highest BCUT2D eigenvalue weighted by atomic mass is 32.2. The maximum Gasteiger partial charge on any atom is 0.270 e. The van der Waals surface area contributed by atoms with E-state index in [1.807, 2.05) is 30.0 Å². The number of benzene rings is 2. The summed E-state index contributed by atoms with van der Waals surface area (Å²) in [7, 11) is 0. The zero-order valence-electron chi connectivity index (χ0n) is 20.6. The number of hydrogen-bond acceptors (Lipinski definition) is 10. The summed E-state index contributed by atoms with van der Waals surface area (Å²) in [6.45, 7) is 3.59. The molecule has 3 N–H and O–H groups in total. The molecule has 38 heavy (non-hydrogen) atoms. The van der Waals surface area contributed by atoms with Gasteiger partial charge >= 0.3 is 0 Å². The van der Waals surface area contributed by atoms with Crippen LogP contribution in [0.2, 0.25) is 0 Å². The smallest absolute Gasteiger partial charge is 0.270 e. The van der Waals surface area contributed by atoms with Gasteiger partial charge in [0.05, 0.1) is 30.7 Å². The van der Waals surface area contributed by atoms with Crippen LogP contribution in [0.25, 0.3) is 34.3 Å². The summed E-state index contributed by atoms with van der Waals surface area (Å²) in [4.78, 5) is 10.1. The number of nitrogens with one attached hydrogen (secondary N) is 1. The largest absolute Gasteiger partial charge is 0.414 e. The predicted molar refractivity (Wildman–Crippen MR) is 142 cm³/mol. The van der Waals surface area contributed by atoms with Crippen molar-refractivity contribution in [3.8, 4) is 34.3 Å². The van der Waals surface area contributed by atoms with Gasteiger partial charge < -0.3 is 24.9 Å². The fourth-order valence-electron chi connectivity index (χ4n) is 4.42. The number of nitrogens with zero attached hydrogens (tertiary/aromatic N) is 4. The zero-order chi connectivity index (χ0) is 25.9. The van der Waals surface area contributed by atoms with Crippen LogP contribution in [0.15, 0.2) is 58.0 Å². The second-order valence-corrected chi connectivity index (χ2v) is 10.7. The summed E-state index contributed by atoms with van der Waals surface area (Å²) in [6.07, 6.45) is 3.62. The molecule has 0 saturated carbocycles. The first kappa shape index (κ1) is 24.9. The van der Waals surface area contributed by atoms with Gasteiger partial charge in [0.15, 0.2) is 11.5 Å². The van der Waals surface area contributed by atoms with E-state index in [-0.39, 0.29) is 28.9 Å². The number of anilines is 1. The Morgan fingerprint density at radius 1 is 1.00 bits per heavy atom. The monoisotopic (exact) mass is 534 g/mol. The number of nitrogen functional groups attached to an aromatic ring is 1. The second-order valence-electron chi connectivity index (χ2n) is 9.28. The normalized spacial score (nSPS) is 19.3. The van der Waals surface area contributed by atoms with E-state index in [4.69, 9.17) is 19.6 Å². The topological polar surface area (TPSA) is 121 Å². The van der Waals surface area contributed by atoms with Crippen LogP contribution in [0.1, 0.15) is 18.4 Å². The van der Waals surface area contributed by atoms with Crippen molar-refractivity contribution in [3.63, 3.8) is 0 Å². The molecule has 11 heteroatoms. The molecule has 2 unspecified atom stereocenters. The lowest BCUT2D eigenvalue weighted by atomic mass is 10.1. The summed E-state index contributed by atoms with van der Waals surface area (Å²) < 4.78 is 31.5. The van der Waals surface area contributed by atoms with E-state index >= 15 is 0 Å². The average molecular weight is 535 g/mol. The van der Waals surface area contributed by atoms with E-state index in [9.17, 15) is 4.39 Å². The Kier molecular flexibility index (Phi) is 7.32. The Hall–Kier alpha value is -3.38. The first-order chi connectivity index (χ1) is 18.6. The lowest BCUT2D eigenvalue weighted by Gasteiger charge is -2.10. The Morgan fingerprint density at radius 2 is 1.82 bits per heavy atom. The minimum Gasteiger partial charge on any atom is -0.414 e. The Labute approximate surface area is 223 Å². The number of nitrogens with two attached hydrogens (primary N) is 1. The van der Waals surface area contributed by atoms with Gasteiger partial charge in [-0.3, -0.25) is 0 Å². The highest BCUT2D eigenvalue weighted by Gasteiger charge is 2.20. The molecule has 9 nitrogen and oxygen atoms in total. The molecule has 0 bridgehead atoms. The van der Waals surface area contributed by atoms with E-state index in [1.54, 1.807) is 12.3 Å². The molecule has 2 saturated heterocycles. The van der Waals surface area contributed by atoms with Crippen molar-refractivity contribution in [2.24, 2.45) is 0 Å². The van der Waals surface area contributed by atoms with Crippen LogP contribution >= 0.6 is 11.8 Å². The molecule has 0 amide bonds. The third-order valence-corrected chi connectivity index (χ3v) is 7.81. The second kappa shape index (κ2) is 11.2. The summed E-state index contributed by atoms with van der Waals surface area (Å²) >= 11 is 1.81. The summed E-state index contributed by atoms with van der Waals surface area (Å²) in [5.41, 5.74) is 8.87. The lowest BCUT2D eigenvalue weighted by Crippen LogP contribution is -2.28. The van der Waals surface area contributed by atoms with Gasteiger partial charge in [-0.25, -0.2) is 14.4 Å². The van der Waals surface area contributed by atoms with Crippen molar-refractivity contribution in [1.82, 2.24) is 25.5 Å². The SMILES string of the molecule is Nc1ncc(-c2ccc(SC3CCOC3)cc2)nc1-c1nnc(-c2ccc(CNC3CCOC3)cc2F)o1. The number of hydrogen-bond donors (Lipinski definition) is 2. The maximum absolute atomic E-state index is 14.9. The predicted octanol–water partition coefficient (Wildman–Crippen LogP) is 4.34. The molecule has 2 aromatic heterocycles. The van der Waals surface area contributed by atoms with E-state index in [0.717, 1.165) is 43.8 Å². The standard InChI is InChI=1S/C27H27FN6O3S/c28-22-11-16(12-30-18-7-9-35-14-18)1-6-21(22)26-33-34-27(37-26)24-25(29)31-13-23(32-24)17-2-4-19(5-3-17)38-20-8-10-36-15-20/h1-6,11,13,18,20,30H,7-10,12,14-15H2,(H2,29,31).